The van der Waals surface area contributed by atoms with Crippen molar-refractivity contribution in [2.24, 2.45) is 0 Å². The van der Waals surface area contributed by atoms with Crippen LogP contribution in [0.4, 0.5) is 5.69 Å². The van der Waals surface area contributed by atoms with E-state index in [9.17, 15) is 4.79 Å². The summed E-state index contributed by atoms with van der Waals surface area (Å²) in [6, 6.07) is 16.5. The van der Waals surface area contributed by atoms with Crippen LogP contribution < -0.4 is 5.32 Å². The first-order valence-electron chi connectivity index (χ1n) is 6.31. The highest BCUT2D eigenvalue weighted by Gasteiger charge is 2.07. The Labute approximate surface area is 131 Å². The lowest BCUT2D eigenvalue weighted by Crippen LogP contribution is -2.18. The number of benzene rings is 2. The fourth-order valence-electron chi connectivity index (χ4n) is 1.75. The highest BCUT2D eigenvalue weighted by Crippen LogP contribution is 2.17. The number of nitrogens with zero attached hydrogens (tertiary/aromatic N) is 1. The van der Waals surface area contributed by atoms with Crippen LogP contribution in [0.15, 0.2) is 53.0 Å². The van der Waals surface area contributed by atoms with Gasteiger partial charge in [-0.15, -0.1) is 0 Å². The monoisotopic (exact) mass is 344 g/mol. The summed E-state index contributed by atoms with van der Waals surface area (Å²) in [5, 5.41) is 11.6. The molecule has 0 atom stereocenters. The zero-order valence-corrected chi connectivity index (χ0v) is 12.8. The molecule has 2 aromatic rings. The minimum absolute atomic E-state index is 0.0684. The highest BCUT2D eigenvalue weighted by molar-refractivity contribution is 9.10. The van der Waals surface area contributed by atoms with Gasteiger partial charge in [-0.3, -0.25) is 4.79 Å². The molecule has 0 radical (unpaired) electrons. The number of para-hydroxylation sites is 1. The summed E-state index contributed by atoms with van der Waals surface area (Å²) in [5.41, 5.74) is 1.90. The van der Waals surface area contributed by atoms with Gasteiger partial charge in [0.1, 0.15) is 12.7 Å². The Morgan fingerprint density at radius 2 is 1.90 bits per heavy atom. The van der Waals surface area contributed by atoms with Crippen LogP contribution in [0.2, 0.25) is 0 Å². The van der Waals surface area contributed by atoms with E-state index in [1.165, 1.54) is 0 Å². The third kappa shape index (κ3) is 4.42. The number of anilines is 1. The van der Waals surface area contributed by atoms with E-state index in [1.54, 1.807) is 24.3 Å². The van der Waals surface area contributed by atoms with Gasteiger partial charge in [0.15, 0.2) is 0 Å². The first kappa shape index (κ1) is 15.2. The summed E-state index contributed by atoms with van der Waals surface area (Å²) in [6.45, 7) is 0.274. The van der Waals surface area contributed by atoms with Crippen LogP contribution in [0.3, 0.4) is 0 Å². The fourth-order valence-corrected chi connectivity index (χ4v) is 2.14. The molecular weight excluding hydrogens is 332 g/mol. The quantitative estimate of drug-likeness (QED) is 0.903. The summed E-state index contributed by atoms with van der Waals surface area (Å²) in [7, 11) is 0. The maximum absolute atomic E-state index is 11.8. The summed E-state index contributed by atoms with van der Waals surface area (Å²) in [6.07, 6.45) is 0. The predicted molar refractivity (Wildman–Crippen MR) is 83.6 cm³/mol. The van der Waals surface area contributed by atoms with Gasteiger partial charge in [0, 0.05) is 4.47 Å². The van der Waals surface area contributed by atoms with Crippen molar-refractivity contribution in [1.82, 2.24) is 0 Å². The summed E-state index contributed by atoms with van der Waals surface area (Å²) in [5.74, 6) is -0.287. The molecule has 1 amide bonds. The second-order valence-electron chi connectivity index (χ2n) is 4.29. The summed E-state index contributed by atoms with van der Waals surface area (Å²) >= 11 is 3.42. The molecule has 0 unspecified atom stereocenters. The van der Waals surface area contributed by atoms with Crippen molar-refractivity contribution in [3.63, 3.8) is 0 Å². The standard InChI is InChI=1S/C16H13BrN2O2/c17-14-7-3-1-6-13(14)10-21-11-16(20)19-15-8-4-2-5-12(15)9-18/h1-8H,10-11H2,(H,19,20). The molecule has 0 saturated heterocycles. The van der Waals surface area contributed by atoms with Crippen molar-refractivity contribution >= 4 is 27.5 Å². The van der Waals surface area contributed by atoms with Crippen molar-refractivity contribution in [2.75, 3.05) is 11.9 Å². The number of halogens is 1. The van der Waals surface area contributed by atoms with Crippen molar-refractivity contribution in [3.8, 4) is 6.07 Å². The van der Waals surface area contributed by atoms with E-state index in [-0.39, 0.29) is 12.5 Å². The van der Waals surface area contributed by atoms with E-state index in [0.717, 1.165) is 10.0 Å². The lowest BCUT2D eigenvalue weighted by atomic mass is 10.2. The minimum atomic E-state index is -0.287. The number of hydrogen-bond donors (Lipinski definition) is 1. The average Bonchev–Trinajstić information content (AvgIpc) is 2.50. The third-order valence-electron chi connectivity index (χ3n) is 2.77. The molecule has 2 aromatic carbocycles. The number of nitriles is 1. The molecule has 1 N–H and O–H groups in total. The molecule has 0 fully saturated rings. The Kier molecular flexibility index (Phi) is 5.50. The van der Waals surface area contributed by atoms with Gasteiger partial charge in [-0.2, -0.15) is 5.26 Å². The lowest BCUT2D eigenvalue weighted by molar-refractivity contribution is -0.121. The Morgan fingerprint density at radius 1 is 1.19 bits per heavy atom. The van der Waals surface area contributed by atoms with E-state index in [1.807, 2.05) is 30.3 Å². The van der Waals surface area contributed by atoms with Crippen molar-refractivity contribution in [1.29, 1.82) is 5.26 Å². The number of rotatable bonds is 5. The van der Waals surface area contributed by atoms with Gasteiger partial charge in [0.2, 0.25) is 5.91 Å². The maximum Gasteiger partial charge on any atom is 0.250 e. The molecule has 0 saturated carbocycles. The molecular formula is C16H13BrN2O2. The van der Waals surface area contributed by atoms with Crippen LogP contribution in [0.1, 0.15) is 11.1 Å². The van der Waals surface area contributed by atoms with E-state index in [0.29, 0.717) is 17.9 Å². The van der Waals surface area contributed by atoms with Crippen molar-refractivity contribution in [3.05, 3.63) is 64.1 Å². The van der Waals surface area contributed by atoms with E-state index >= 15 is 0 Å². The molecule has 2 rings (SSSR count). The van der Waals surface area contributed by atoms with Gasteiger partial charge < -0.3 is 10.1 Å². The Bertz CT molecular complexity index is 680. The van der Waals surface area contributed by atoms with Gasteiger partial charge in [-0.05, 0) is 23.8 Å². The average molecular weight is 345 g/mol. The molecule has 21 heavy (non-hydrogen) atoms. The van der Waals surface area contributed by atoms with Gasteiger partial charge in [-0.1, -0.05) is 46.3 Å². The van der Waals surface area contributed by atoms with E-state index in [4.69, 9.17) is 10.00 Å². The van der Waals surface area contributed by atoms with Crippen molar-refractivity contribution in [2.45, 2.75) is 6.61 Å². The van der Waals surface area contributed by atoms with Gasteiger partial charge in [0.25, 0.3) is 0 Å². The zero-order chi connectivity index (χ0) is 15.1. The van der Waals surface area contributed by atoms with E-state index < -0.39 is 0 Å². The number of amides is 1. The number of nitrogens with one attached hydrogen (secondary N) is 1. The zero-order valence-electron chi connectivity index (χ0n) is 11.2. The maximum atomic E-state index is 11.8. The van der Waals surface area contributed by atoms with Crippen molar-refractivity contribution < 1.29 is 9.53 Å². The lowest BCUT2D eigenvalue weighted by Gasteiger charge is -2.08. The number of carbonyl (C=O) groups excluding carboxylic acids is 1. The SMILES string of the molecule is N#Cc1ccccc1NC(=O)COCc1ccccc1Br. The van der Waals surface area contributed by atoms with Crippen LogP contribution in [-0.4, -0.2) is 12.5 Å². The summed E-state index contributed by atoms with van der Waals surface area (Å²) < 4.78 is 6.33. The van der Waals surface area contributed by atoms with Crippen LogP contribution in [0.25, 0.3) is 0 Å². The largest absolute Gasteiger partial charge is 0.367 e. The van der Waals surface area contributed by atoms with Crippen LogP contribution in [0, 0.1) is 11.3 Å². The Morgan fingerprint density at radius 3 is 2.67 bits per heavy atom. The molecule has 0 aliphatic carbocycles. The molecule has 0 aliphatic heterocycles. The third-order valence-corrected chi connectivity index (χ3v) is 3.54. The molecule has 0 bridgehead atoms. The molecule has 0 spiro atoms. The van der Waals surface area contributed by atoms with Gasteiger partial charge in [0.05, 0.1) is 17.9 Å². The number of ether oxygens (including phenoxy) is 1. The topological polar surface area (TPSA) is 62.1 Å². The first-order valence-corrected chi connectivity index (χ1v) is 7.10. The van der Waals surface area contributed by atoms with Crippen LogP contribution in [0.5, 0.6) is 0 Å². The highest BCUT2D eigenvalue weighted by atomic mass is 79.9. The molecule has 0 aliphatic rings. The smallest absolute Gasteiger partial charge is 0.250 e. The normalized spacial score (nSPS) is 9.90. The Hall–Kier alpha value is -2.16. The first-order chi connectivity index (χ1) is 10.2. The molecule has 5 heteroatoms. The van der Waals surface area contributed by atoms with E-state index in [2.05, 4.69) is 21.2 Å². The number of hydrogen-bond acceptors (Lipinski definition) is 3. The second-order valence-corrected chi connectivity index (χ2v) is 5.14. The molecule has 4 nitrogen and oxygen atoms in total. The minimum Gasteiger partial charge on any atom is -0.367 e. The number of carbonyl (C=O) groups is 1. The fraction of sp³-hybridized carbons (Fsp3) is 0.125. The Balaban J connectivity index is 1.86. The predicted octanol–water partition coefficient (Wildman–Crippen LogP) is 3.48. The molecule has 106 valence electrons. The molecule has 0 heterocycles. The van der Waals surface area contributed by atoms with Gasteiger partial charge in [-0.25, -0.2) is 0 Å². The van der Waals surface area contributed by atoms with Crippen LogP contribution >= 0.6 is 15.9 Å². The van der Waals surface area contributed by atoms with Crippen LogP contribution in [-0.2, 0) is 16.1 Å². The second kappa shape index (κ2) is 7.58. The summed E-state index contributed by atoms with van der Waals surface area (Å²) in [4.78, 5) is 11.8. The molecule has 0 aromatic heterocycles. The van der Waals surface area contributed by atoms with Gasteiger partial charge >= 0.3 is 0 Å².